The van der Waals surface area contributed by atoms with Gasteiger partial charge in [0.2, 0.25) is 0 Å². The van der Waals surface area contributed by atoms with Gasteiger partial charge in [-0.1, -0.05) is 182 Å². The molecule has 2 aromatic heterocycles. The molecule has 0 amide bonds. The average Bonchev–Trinajstić information content (AvgIpc) is 3.68. The Balaban J connectivity index is 1.12. The lowest BCUT2D eigenvalue weighted by Crippen LogP contribution is -2.00. The summed E-state index contributed by atoms with van der Waals surface area (Å²) in [6.45, 7) is 0. The lowest BCUT2D eigenvalue weighted by atomic mass is 9.86. The largest absolute Gasteiger partial charge is 0.455 e. The number of hydrogen-bond acceptors (Lipinski definition) is 4. The Labute approximate surface area is 329 Å². The van der Waals surface area contributed by atoms with Crippen LogP contribution in [-0.2, 0) is 0 Å². The monoisotopic (exact) mass is 727 g/mol. The van der Waals surface area contributed by atoms with Crippen molar-refractivity contribution in [2.24, 2.45) is 0 Å². The van der Waals surface area contributed by atoms with Gasteiger partial charge < -0.3 is 4.42 Å². The van der Waals surface area contributed by atoms with E-state index >= 15 is 0 Å². The Kier molecular flexibility index (Phi) is 7.78. The summed E-state index contributed by atoms with van der Waals surface area (Å²) in [7, 11) is 0. The highest BCUT2D eigenvalue weighted by atomic mass is 16.3. The summed E-state index contributed by atoms with van der Waals surface area (Å²) in [5.74, 6) is 1.74. The summed E-state index contributed by atoms with van der Waals surface area (Å²) in [6, 6.07) is 69.9. The maximum atomic E-state index is 6.49. The van der Waals surface area contributed by atoms with Crippen molar-refractivity contribution in [1.82, 2.24) is 15.0 Å². The Morgan fingerprint density at radius 1 is 0.281 bits per heavy atom. The molecule has 4 nitrogen and oxygen atoms in total. The Bertz CT molecular complexity index is 3220. The van der Waals surface area contributed by atoms with E-state index in [9.17, 15) is 0 Å². The van der Waals surface area contributed by atoms with E-state index in [1.165, 1.54) is 38.2 Å². The molecule has 0 aliphatic heterocycles. The summed E-state index contributed by atoms with van der Waals surface area (Å²) in [5.41, 5.74) is 11.2. The smallest absolute Gasteiger partial charge is 0.167 e. The molecule has 0 aliphatic carbocycles. The molecule has 4 heteroatoms. The fourth-order valence-corrected chi connectivity index (χ4v) is 8.29. The van der Waals surface area contributed by atoms with Crippen LogP contribution in [-0.4, -0.2) is 15.0 Å². The zero-order chi connectivity index (χ0) is 37.7. The summed E-state index contributed by atoms with van der Waals surface area (Å²) in [5, 5.41) is 6.90. The van der Waals surface area contributed by atoms with Gasteiger partial charge in [-0.2, -0.15) is 0 Å². The van der Waals surface area contributed by atoms with Crippen LogP contribution in [0.2, 0.25) is 0 Å². The normalized spacial score (nSPS) is 11.5. The van der Waals surface area contributed by atoms with Crippen LogP contribution < -0.4 is 0 Å². The second-order valence-electron chi connectivity index (χ2n) is 14.3. The molecule has 0 fully saturated rings. The molecule has 2 heterocycles. The summed E-state index contributed by atoms with van der Waals surface area (Å²) >= 11 is 0. The summed E-state index contributed by atoms with van der Waals surface area (Å²) in [6.07, 6.45) is 0. The number of nitrogens with zero attached hydrogens (tertiary/aromatic N) is 3. The van der Waals surface area contributed by atoms with Crippen LogP contribution in [0.15, 0.2) is 205 Å². The van der Waals surface area contributed by atoms with Crippen LogP contribution in [0.3, 0.4) is 0 Å². The van der Waals surface area contributed by atoms with Gasteiger partial charge in [0.15, 0.2) is 17.5 Å². The first kappa shape index (κ1) is 32.7. The molecule has 0 saturated carbocycles. The van der Waals surface area contributed by atoms with E-state index in [0.29, 0.717) is 17.5 Å². The SMILES string of the molecule is c1ccc(-c2ccc(-c3nc(-c4cccc(-c5c6ccccc6c(-c6ccccc6)c6ccccc56)c4)nc(-c4cccc5c4oc4ccccc45)n3)cc2)cc1. The van der Waals surface area contributed by atoms with E-state index in [4.69, 9.17) is 19.4 Å². The maximum Gasteiger partial charge on any atom is 0.167 e. The topological polar surface area (TPSA) is 51.8 Å². The van der Waals surface area contributed by atoms with Crippen LogP contribution >= 0.6 is 0 Å². The van der Waals surface area contributed by atoms with Crippen LogP contribution in [0, 0.1) is 0 Å². The molecule has 0 saturated heterocycles. The highest BCUT2D eigenvalue weighted by Gasteiger charge is 2.20. The molecular formula is C53H33N3O. The number of benzene rings is 9. The van der Waals surface area contributed by atoms with Crippen molar-refractivity contribution in [2.45, 2.75) is 0 Å². The molecule has 0 atom stereocenters. The molecular weight excluding hydrogens is 695 g/mol. The number of aromatic nitrogens is 3. The number of rotatable bonds is 6. The number of hydrogen-bond donors (Lipinski definition) is 0. The molecule has 57 heavy (non-hydrogen) atoms. The minimum atomic E-state index is 0.556. The zero-order valence-electron chi connectivity index (χ0n) is 30.8. The quantitative estimate of drug-likeness (QED) is 0.160. The average molecular weight is 728 g/mol. The van der Waals surface area contributed by atoms with Gasteiger partial charge in [-0.25, -0.2) is 15.0 Å². The highest BCUT2D eigenvalue weighted by Crippen LogP contribution is 2.44. The second kappa shape index (κ2) is 13.6. The minimum absolute atomic E-state index is 0.556. The molecule has 266 valence electrons. The molecule has 0 aliphatic rings. The number of furan rings is 1. The summed E-state index contributed by atoms with van der Waals surface area (Å²) in [4.78, 5) is 15.5. The molecule has 0 bridgehead atoms. The van der Waals surface area contributed by atoms with Gasteiger partial charge in [-0.15, -0.1) is 0 Å². The molecule has 0 N–H and O–H groups in total. The zero-order valence-corrected chi connectivity index (χ0v) is 30.8. The van der Waals surface area contributed by atoms with Crippen LogP contribution in [0.5, 0.6) is 0 Å². The first-order chi connectivity index (χ1) is 28.3. The lowest BCUT2D eigenvalue weighted by molar-refractivity contribution is 0.669. The van der Waals surface area contributed by atoms with Gasteiger partial charge in [-0.05, 0) is 73.1 Å². The van der Waals surface area contributed by atoms with E-state index < -0.39 is 0 Å². The third-order valence-corrected chi connectivity index (χ3v) is 10.9. The van der Waals surface area contributed by atoms with E-state index in [1.807, 2.05) is 36.4 Å². The van der Waals surface area contributed by atoms with Crippen molar-refractivity contribution in [1.29, 1.82) is 0 Å². The van der Waals surface area contributed by atoms with Crippen molar-refractivity contribution in [3.8, 4) is 67.5 Å². The van der Waals surface area contributed by atoms with Gasteiger partial charge in [0.1, 0.15) is 11.2 Å². The van der Waals surface area contributed by atoms with E-state index in [2.05, 4.69) is 164 Å². The predicted molar refractivity (Wildman–Crippen MR) is 235 cm³/mol. The van der Waals surface area contributed by atoms with Gasteiger partial charge >= 0.3 is 0 Å². The van der Waals surface area contributed by atoms with Gasteiger partial charge in [0.05, 0.1) is 5.56 Å². The van der Waals surface area contributed by atoms with Crippen molar-refractivity contribution < 1.29 is 4.42 Å². The van der Waals surface area contributed by atoms with Crippen LogP contribution in [0.25, 0.3) is 111 Å². The third-order valence-electron chi connectivity index (χ3n) is 10.9. The highest BCUT2D eigenvalue weighted by molar-refractivity contribution is 6.21. The third kappa shape index (κ3) is 5.66. The number of fused-ring (bicyclic) bond motifs is 5. The lowest BCUT2D eigenvalue weighted by Gasteiger charge is -2.18. The fraction of sp³-hybridized carbons (Fsp3) is 0. The first-order valence-corrected chi connectivity index (χ1v) is 19.2. The van der Waals surface area contributed by atoms with E-state index in [0.717, 1.165) is 55.3 Å². The number of para-hydroxylation sites is 2. The minimum Gasteiger partial charge on any atom is -0.455 e. The van der Waals surface area contributed by atoms with Crippen molar-refractivity contribution in [3.05, 3.63) is 200 Å². The molecule has 9 aromatic carbocycles. The van der Waals surface area contributed by atoms with Crippen molar-refractivity contribution in [2.75, 3.05) is 0 Å². The Hall–Kier alpha value is -7.69. The van der Waals surface area contributed by atoms with Gasteiger partial charge in [0, 0.05) is 21.9 Å². The molecule has 0 unspecified atom stereocenters. The molecule has 0 radical (unpaired) electrons. The van der Waals surface area contributed by atoms with Crippen LogP contribution in [0.4, 0.5) is 0 Å². The Morgan fingerprint density at radius 2 is 0.719 bits per heavy atom. The predicted octanol–water partition coefficient (Wildman–Crippen LogP) is 14.1. The first-order valence-electron chi connectivity index (χ1n) is 19.2. The van der Waals surface area contributed by atoms with Crippen molar-refractivity contribution in [3.63, 3.8) is 0 Å². The molecule has 0 spiro atoms. The Morgan fingerprint density at radius 3 is 1.39 bits per heavy atom. The van der Waals surface area contributed by atoms with Gasteiger partial charge in [0.25, 0.3) is 0 Å². The summed E-state index contributed by atoms with van der Waals surface area (Å²) < 4.78 is 6.49. The maximum absolute atomic E-state index is 6.49. The fourth-order valence-electron chi connectivity index (χ4n) is 8.29. The van der Waals surface area contributed by atoms with Crippen LogP contribution in [0.1, 0.15) is 0 Å². The molecule has 11 aromatic rings. The van der Waals surface area contributed by atoms with Crippen molar-refractivity contribution >= 4 is 43.5 Å². The standard InChI is InChI=1S/C53H33N3O/c1-3-15-34(16-4-1)35-29-31-37(32-30-35)51-54-52(56-53(55-51)46-27-14-26-45-40-21-11-12-28-47(40)57-50(45)46)39-20-13-19-38(33-39)49-43-24-9-7-22-41(43)48(36-17-5-2-6-18-36)42-23-8-10-25-44(42)49/h1-33H. The second-order valence-corrected chi connectivity index (χ2v) is 14.3. The van der Waals surface area contributed by atoms with Gasteiger partial charge in [-0.3, -0.25) is 0 Å². The molecule has 11 rings (SSSR count). The van der Waals surface area contributed by atoms with E-state index in [1.54, 1.807) is 0 Å². The van der Waals surface area contributed by atoms with E-state index in [-0.39, 0.29) is 0 Å².